The predicted octanol–water partition coefficient (Wildman–Crippen LogP) is 0.748. The molecule has 0 fully saturated rings. The Morgan fingerprint density at radius 3 is 3.06 bits per heavy atom. The molecule has 8 heteroatoms. The summed E-state index contributed by atoms with van der Waals surface area (Å²) in [6, 6.07) is 5.21. The van der Waals surface area contributed by atoms with Crippen molar-refractivity contribution in [2.24, 2.45) is 5.10 Å². The lowest BCUT2D eigenvalue weighted by molar-refractivity contribution is 0.474. The van der Waals surface area contributed by atoms with E-state index in [1.807, 2.05) is 0 Å². The van der Waals surface area contributed by atoms with Crippen LogP contribution in [0.25, 0.3) is 0 Å². The number of hydrogen-bond acceptors (Lipinski definition) is 6. The van der Waals surface area contributed by atoms with Crippen molar-refractivity contribution in [1.82, 2.24) is 14.9 Å². The summed E-state index contributed by atoms with van der Waals surface area (Å²) in [5, 5.41) is 20.7. The van der Waals surface area contributed by atoms with Gasteiger partial charge in [0.15, 0.2) is 0 Å². The molecule has 1 heterocycles. The van der Waals surface area contributed by atoms with Crippen LogP contribution in [0.1, 0.15) is 5.56 Å². The molecule has 0 aliphatic heterocycles. The summed E-state index contributed by atoms with van der Waals surface area (Å²) >= 11 is 2.15. The highest BCUT2D eigenvalue weighted by Crippen LogP contribution is 2.17. The largest absolute Gasteiger partial charge is 0.507 e. The van der Waals surface area contributed by atoms with Crippen LogP contribution >= 0.6 is 22.6 Å². The zero-order valence-corrected chi connectivity index (χ0v) is 10.7. The Hall–Kier alpha value is -1.84. The Balaban J connectivity index is 2.10. The third-order valence-electron chi connectivity index (χ3n) is 1.93. The van der Waals surface area contributed by atoms with Crippen LogP contribution in [-0.4, -0.2) is 26.2 Å². The highest BCUT2D eigenvalue weighted by molar-refractivity contribution is 14.1. The van der Waals surface area contributed by atoms with Gasteiger partial charge in [-0.2, -0.15) is 5.10 Å². The van der Waals surface area contributed by atoms with Gasteiger partial charge in [-0.3, -0.25) is 0 Å². The monoisotopic (exact) mass is 344 g/mol. The maximum absolute atomic E-state index is 9.57. The van der Waals surface area contributed by atoms with Crippen molar-refractivity contribution < 1.29 is 5.11 Å². The summed E-state index contributed by atoms with van der Waals surface area (Å²) < 4.78 is 2.20. The number of benzene rings is 1. The molecule has 0 radical (unpaired) electrons. The number of anilines is 1. The fourth-order valence-corrected chi connectivity index (χ4v) is 1.63. The number of nitrogens with zero attached hydrogens (tertiary/aromatic N) is 4. The van der Waals surface area contributed by atoms with Crippen molar-refractivity contribution in [2.45, 2.75) is 0 Å². The van der Waals surface area contributed by atoms with E-state index in [4.69, 9.17) is 5.84 Å². The van der Waals surface area contributed by atoms with E-state index in [1.54, 1.807) is 18.2 Å². The number of hydrazone groups is 1. The van der Waals surface area contributed by atoms with Crippen molar-refractivity contribution >= 4 is 34.8 Å². The Bertz CT molecular complexity index is 552. The lowest BCUT2D eigenvalue weighted by atomic mass is 10.2. The first-order valence-corrected chi connectivity index (χ1v) is 5.67. The molecule has 0 saturated heterocycles. The molecular formula is C9H9IN6O. The van der Waals surface area contributed by atoms with E-state index in [0.29, 0.717) is 11.5 Å². The molecule has 7 nitrogen and oxygen atoms in total. The van der Waals surface area contributed by atoms with E-state index in [0.717, 1.165) is 3.57 Å². The smallest absolute Gasteiger partial charge is 0.263 e. The minimum Gasteiger partial charge on any atom is -0.507 e. The molecule has 88 valence electrons. The van der Waals surface area contributed by atoms with E-state index >= 15 is 0 Å². The zero-order chi connectivity index (χ0) is 12.3. The van der Waals surface area contributed by atoms with Gasteiger partial charge < -0.3 is 10.9 Å². The highest BCUT2D eigenvalue weighted by atomic mass is 127. The standard InChI is InChI=1S/C9H9IN6O/c10-7-1-2-8(17)6(3-7)4-12-14-9-15-13-5-16(9)11/h1-5,17H,11H2,(H,14,15). The second-order valence-electron chi connectivity index (χ2n) is 3.13. The third-order valence-corrected chi connectivity index (χ3v) is 2.60. The van der Waals surface area contributed by atoms with Gasteiger partial charge in [0.1, 0.15) is 12.1 Å². The van der Waals surface area contributed by atoms with E-state index < -0.39 is 0 Å². The molecule has 4 N–H and O–H groups in total. The summed E-state index contributed by atoms with van der Waals surface area (Å²) in [6.45, 7) is 0. The van der Waals surface area contributed by atoms with Crippen LogP contribution in [0.3, 0.4) is 0 Å². The minimum atomic E-state index is 0.158. The van der Waals surface area contributed by atoms with Gasteiger partial charge in [0.2, 0.25) is 0 Å². The Kier molecular flexibility index (Phi) is 3.42. The summed E-state index contributed by atoms with van der Waals surface area (Å²) in [4.78, 5) is 0. The van der Waals surface area contributed by atoms with Crippen LogP contribution in [0.5, 0.6) is 5.75 Å². The summed E-state index contributed by atoms with van der Waals surface area (Å²) in [5.41, 5.74) is 3.21. The van der Waals surface area contributed by atoms with E-state index in [9.17, 15) is 5.11 Å². The first-order valence-electron chi connectivity index (χ1n) is 4.59. The molecule has 0 aliphatic rings. The van der Waals surface area contributed by atoms with Gasteiger partial charge in [0, 0.05) is 9.13 Å². The molecule has 0 bridgehead atoms. The van der Waals surface area contributed by atoms with E-state index in [1.165, 1.54) is 17.2 Å². The molecule has 1 aromatic heterocycles. The molecular weight excluding hydrogens is 335 g/mol. The maximum Gasteiger partial charge on any atom is 0.263 e. The van der Waals surface area contributed by atoms with Crippen molar-refractivity contribution in [2.75, 3.05) is 11.3 Å². The van der Waals surface area contributed by atoms with Gasteiger partial charge in [-0.15, -0.1) is 10.2 Å². The lowest BCUT2D eigenvalue weighted by Crippen LogP contribution is -2.10. The minimum absolute atomic E-state index is 0.158. The number of phenolic OH excluding ortho intramolecular Hbond substituents is 1. The highest BCUT2D eigenvalue weighted by Gasteiger charge is 2.00. The number of aromatic hydroxyl groups is 1. The number of nitrogens with two attached hydrogens (primary N) is 1. The van der Waals surface area contributed by atoms with Crippen LogP contribution in [0, 0.1) is 3.57 Å². The SMILES string of the molecule is Nn1cnnc1NN=Cc1cc(I)ccc1O. The summed E-state index contributed by atoms with van der Waals surface area (Å²) in [5.74, 6) is 5.95. The van der Waals surface area contributed by atoms with Crippen molar-refractivity contribution in [3.63, 3.8) is 0 Å². The Labute approximate surface area is 110 Å². The Morgan fingerprint density at radius 1 is 1.53 bits per heavy atom. The second-order valence-corrected chi connectivity index (χ2v) is 4.38. The number of rotatable bonds is 3. The molecule has 1 aromatic carbocycles. The number of hydrogen-bond donors (Lipinski definition) is 3. The summed E-state index contributed by atoms with van der Waals surface area (Å²) in [7, 11) is 0. The number of halogens is 1. The molecule has 0 atom stereocenters. The normalized spacial score (nSPS) is 10.9. The van der Waals surface area contributed by atoms with Crippen LogP contribution in [-0.2, 0) is 0 Å². The van der Waals surface area contributed by atoms with Crippen LogP contribution in [0.2, 0.25) is 0 Å². The van der Waals surface area contributed by atoms with E-state index in [-0.39, 0.29) is 5.75 Å². The molecule has 0 unspecified atom stereocenters. The fourth-order valence-electron chi connectivity index (χ4n) is 1.11. The number of aromatic nitrogens is 3. The zero-order valence-electron chi connectivity index (χ0n) is 8.58. The van der Waals surface area contributed by atoms with Crippen LogP contribution in [0.15, 0.2) is 29.6 Å². The average molecular weight is 344 g/mol. The Morgan fingerprint density at radius 2 is 2.35 bits per heavy atom. The molecule has 0 spiro atoms. The summed E-state index contributed by atoms with van der Waals surface area (Å²) in [6.07, 6.45) is 2.83. The van der Waals surface area contributed by atoms with Gasteiger partial charge >= 0.3 is 0 Å². The first kappa shape index (κ1) is 11.6. The van der Waals surface area contributed by atoms with Crippen LogP contribution in [0.4, 0.5) is 5.95 Å². The lowest BCUT2D eigenvalue weighted by Gasteiger charge is -2.00. The number of nitrogens with one attached hydrogen (secondary N) is 1. The van der Waals surface area contributed by atoms with Gasteiger partial charge in [-0.05, 0) is 40.8 Å². The first-order chi connectivity index (χ1) is 8.16. The molecule has 0 amide bonds. The third kappa shape index (κ3) is 2.84. The van der Waals surface area contributed by atoms with Crippen LogP contribution < -0.4 is 11.3 Å². The van der Waals surface area contributed by atoms with Gasteiger partial charge in [-0.25, -0.2) is 10.1 Å². The molecule has 17 heavy (non-hydrogen) atoms. The van der Waals surface area contributed by atoms with Gasteiger partial charge in [0.05, 0.1) is 6.21 Å². The van der Waals surface area contributed by atoms with Gasteiger partial charge in [-0.1, -0.05) is 0 Å². The molecule has 2 aromatic rings. The molecule has 0 aliphatic carbocycles. The average Bonchev–Trinajstić information content (AvgIpc) is 2.70. The fraction of sp³-hybridized carbons (Fsp3) is 0. The van der Waals surface area contributed by atoms with Gasteiger partial charge in [0.25, 0.3) is 5.95 Å². The topological polar surface area (TPSA) is 101 Å². The van der Waals surface area contributed by atoms with Crippen molar-refractivity contribution in [1.29, 1.82) is 0 Å². The quantitative estimate of drug-likeness (QED) is 0.330. The molecule has 0 saturated carbocycles. The second kappa shape index (κ2) is 4.99. The maximum atomic E-state index is 9.57. The van der Waals surface area contributed by atoms with Crippen molar-refractivity contribution in [3.8, 4) is 5.75 Å². The number of nitrogen functional groups attached to an aromatic ring is 1. The predicted molar refractivity (Wildman–Crippen MR) is 72.2 cm³/mol. The molecule has 2 rings (SSSR count). The van der Waals surface area contributed by atoms with Crippen molar-refractivity contribution in [3.05, 3.63) is 33.7 Å². The number of phenols is 1. The van der Waals surface area contributed by atoms with E-state index in [2.05, 4.69) is 43.3 Å².